The number of ether oxygens (including phenoxy) is 2. The average molecular weight is 685 g/mol. The fraction of sp³-hybridized carbons (Fsp3) is 0.568. The number of aromatic nitrogens is 2. The second-order valence-corrected chi connectivity index (χ2v) is 20.7. The molecule has 8 nitrogen and oxygen atoms in total. The van der Waals surface area contributed by atoms with Gasteiger partial charge in [0.25, 0.3) is 0 Å². The van der Waals surface area contributed by atoms with Crippen molar-refractivity contribution < 1.29 is 27.5 Å². The van der Waals surface area contributed by atoms with E-state index >= 15 is 4.39 Å². The van der Waals surface area contributed by atoms with Crippen LogP contribution in [0.3, 0.4) is 0 Å². The number of rotatable bonds is 11. The van der Waals surface area contributed by atoms with Crippen LogP contribution in [0.4, 0.5) is 13.6 Å². The minimum atomic E-state index is -2.20. The van der Waals surface area contributed by atoms with Crippen molar-refractivity contribution in [3.05, 3.63) is 77.8 Å². The number of hydrogen-bond acceptors (Lipinski definition) is 6. The number of carbonyl (C=O) groups excluding carboxylic acids is 1. The van der Waals surface area contributed by atoms with Gasteiger partial charge in [-0.3, -0.25) is 0 Å². The van der Waals surface area contributed by atoms with Gasteiger partial charge in [-0.25, -0.2) is 18.6 Å². The molecule has 48 heavy (non-hydrogen) atoms. The molecule has 0 aliphatic carbocycles. The Hall–Kier alpha value is -3.12. The quantitative estimate of drug-likeness (QED) is 0.205. The van der Waals surface area contributed by atoms with Crippen LogP contribution >= 0.6 is 0 Å². The first-order chi connectivity index (χ1) is 22.2. The molecule has 0 spiro atoms. The Morgan fingerprint density at radius 3 is 2.29 bits per heavy atom. The number of nitrogens with one attached hydrogen (secondary N) is 1. The molecule has 1 N–H and O–H groups in total. The lowest BCUT2D eigenvalue weighted by molar-refractivity contribution is -0.0165. The van der Waals surface area contributed by atoms with E-state index in [2.05, 4.69) is 39.2 Å². The molecule has 11 heteroatoms. The van der Waals surface area contributed by atoms with Crippen LogP contribution in [-0.2, 0) is 20.4 Å². The van der Waals surface area contributed by atoms with Crippen molar-refractivity contribution in [3.8, 4) is 11.3 Å². The van der Waals surface area contributed by atoms with Crippen molar-refractivity contribution in [1.82, 2.24) is 19.8 Å². The maximum atomic E-state index is 15.0. The molecule has 2 heterocycles. The SMILES string of the molecule is COC(C)(C)[C@@H](NCC1CN(C(=O)OC(C)(C)C)CC1O[Si](C)(C)C(C)(C)C)c1nc(-c2cc(F)ccc2F)cn1Cc1ccccc1. The summed E-state index contributed by atoms with van der Waals surface area (Å²) in [6, 6.07) is 12.8. The summed E-state index contributed by atoms with van der Waals surface area (Å²) in [6.07, 6.45) is 1.20. The van der Waals surface area contributed by atoms with Crippen molar-refractivity contribution in [3.63, 3.8) is 0 Å². The first-order valence-electron chi connectivity index (χ1n) is 16.7. The van der Waals surface area contributed by atoms with Crippen LogP contribution in [-0.4, -0.2) is 72.9 Å². The summed E-state index contributed by atoms with van der Waals surface area (Å²) in [5.41, 5.74) is 0.0573. The van der Waals surface area contributed by atoms with Gasteiger partial charge in [0, 0.05) is 51.0 Å². The summed E-state index contributed by atoms with van der Waals surface area (Å²) in [6.45, 7) is 22.4. The van der Waals surface area contributed by atoms with E-state index in [4.69, 9.17) is 18.9 Å². The van der Waals surface area contributed by atoms with Gasteiger partial charge in [0.05, 0.1) is 23.4 Å². The lowest BCUT2D eigenvalue weighted by Gasteiger charge is -2.40. The zero-order valence-corrected chi connectivity index (χ0v) is 31.5. The van der Waals surface area contributed by atoms with E-state index in [0.717, 1.165) is 17.7 Å². The summed E-state index contributed by atoms with van der Waals surface area (Å²) in [4.78, 5) is 19.9. The first kappa shape index (κ1) is 37.7. The monoisotopic (exact) mass is 684 g/mol. The first-order valence-corrected chi connectivity index (χ1v) is 19.6. The number of carbonyl (C=O) groups is 1. The third kappa shape index (κ3) is 9.10. The number of halogens is 2. The molecule has 1 amide bonds. The van der Waals surface area contributed by atoms with Crippen LogP contribution in [0.5, 0.6) is 0 Å². The van der Waals surface area contributed by atoms with Gasteiger partial charge in [0.15, 0.2) is 8.32 Å². The minimum absolute atomic E-state index is 0.0182. The van der Waals surface area contributed by atoms with Crippen LogP contribution in [0.15, 0.2) is 54.7 Å². The highest BCUT2D eigenvalue weighted by molar-refractivity contribution is 6.74. The lowest BCUT2D eigenvalue weighted by atomic mass is 9.96. The van der Waals surface area contributed by atoms with E-state index < -0.39 is 37.2 Å². The average Bonchev–Trinajstić information content (AvgIpc) is 3.57. The molecular formula is C37H54F2N4O4Si. The standard InChI is InChI=1S/C37H54F2N4O4Si/c1-35(2,3)46-34(44)43-22-26(31(24-43)47-48(10,11)36(4,5)6)20-40-32(37(7,8)45-9)33-41-30(28-19-27(38)17-18-29(28)39)23-42(33)21-25-15-13-12-14-16-25/h12-19,23,26,31-32,40H,20-22,24H2,1-11H3/t26?,31?,32-/m0/s1. The van der Waals surface area contributed by atoms with E-state index in [-0.39, 0.29) is 28.7 Å². The van der Waals surface area contributed by atoms with E-state index in [1.165, 1.54) is 6.07 Å². The third-order valence-electron chi connectivity index (χ3n) is 9.56. The second kappa shape index (κ2) is 14.4. The van der Waals surface area contributed by atoms with E-state index in [9.17, 15) is 9.18 Å². The van der Waals surface area contributed by atoms with Crippen molar-refractivity contribution in [2.24, 2.45) is 5.92 Å². The van der Waals surface area contributed by atoms with Gasteiger partial charge in [-0.2, -0.15) is 0 Å². The maximum absolute atomic E-state index is 15.0. The van der Waals surface area contributed by atoms with Crippen LogP contribution in [0.25, 0.3) is 11.3 Å². The molecule has 0 bridgehead atoms. The molecule has 1 aromatic heterocycles. The van der Waals surface area contributed by atoms with Crippen LogP contribution < -0.4 is 5.32 Å². The molecule has 3 aromatic rings. The Kier molecular flexibility index (Phi) is 11.3. The number of amides is 1. The molecule has 1 fully saturated rings. The molecule has 3 atom stereocenters. The minimum Gasteiger partial charge on any atom is -0.444 e. The normalized spacial score (nSPS) is 18.3. The van der Waals surface area contributed by atoms with Gasteiger partial charge in [-0.05, 0) is 76.5 Å². The number of benzene rings is 2. The molecule has 2 aromatic carbocycles. The number of likely N-dealkylation sites (tertiary alicyclic amines) is 1. The smallest absolute Gasteiger partial charge is 0.410 e. The molecule has 0 radical (unpaired) electrons. The van der Waals surface area contributed by atoms with Gasteiger partial charge in [0.1, 0.15) is 23.1 Å². The predicted molar refractivity (Wildman–Crippen MR) is 188 cm³/mol. The summed E-state index contributed by atoms with van der Waals surface area (Å²) in [5.74, 6) is -0.532. The van der Waals surface area contributed by atoms with Crippen molar-refractivity contribution >= 4 is 14.4 Å². The van der Waals surface area contributed by atoms with E-state index in [0.29, 0.717) is 37.7 Å². The molecule has 2 unspecified atom stereocenters. The Balaban J connectivity index is 1.72. The fourth-order valence-corrected chi connectivity index (χ4v) is 7.01. The number of hydrogen-bond donors (Lipinski definition) is 1. The summed E-state index contributed by atoms with van der Waals surface area (Å²) in [7, 11) is -0.549. The Bertz CT molecular complexity index is 1550. The third-order valence-corrected chi connectivity index (χ3v) is 14.1. The van der Waals surface area contributed by atoms with Crippen molar-refractivity contribution in [2.75, 3.05) is 26.7 Å². The van der Waals surface area contributed by atoms with Crippen LogP contribution in [0.2, 0.25) is 18.1 Å². The lowest BCUT2D eigenvalue weighted by Crippen LogP contribution is -2.49. The maximum Gasteiger partial charge on any atom is 0.410 e. The molecule has 4 rings (SSSR count). The fourth-order valence-electron chi connectivity index (χ4n) is 5.63. The molecule has 264 valence electrons. The Morgan fingerprint density at radius 1 is 1.02 bits per heavy atom. The van der Waals surface area contributed by atoms with Gasteiger partial charge in [-0.15, -0.1) is 0 Å². The molecular weight excluding hydrogens is 631 g/mol. The van der Waals surface area contributed by atoms with Gasteiger partial charge >= 0.3 is 6.09 Å². The van der Waals surface area contributed by atoms with Gasteiger partial charge < -0.3 is 28.7 Å². The Morgan fingerprint density at radius 2 is 1.69 bits per heavy atom. The summed E-state index contributed by atoms with van der Waals surface area (Å²) < 4.78 is 50.1. The molecule has 1 aliphatic rings. The highest BCUT2D eigenvalue weighted by Crippen LogP contribution is 2.40. The highest BCUT2D eigenvalue weighted by Gasteiger charge is 2.46. The molecule has 1 aliphatic heterocycles. The summed E-state index contributed by atoms with van der Waals surface area (Å²) >= 11 is 0. The number of imidazole rings is 1. The topological polar surface area (TPSA) is 77.8 Å². The van der Waals surface area contributed by atoms with Crippen molar-refractivity contribution in [2.45, 2.75) is 103 Å². The molecule has 1 saturated heterocycles. The predicted octanol–water partition coefficient (Wildman–Crippen LogP) is 8.19. The van der Waals surface area contributed by atoms with E-state index in [1.54, 1.807) is 18.2 Å². The zero-order valence-electron chi connectivity index (χ0n) is 30.5. The molecule has 0 saturated carbocycles. The number of nitrogens with zero attached hydrogens (tertiary/aromatic N) is 3. The zero-order chi connectivity index (χ0) is 35.7. The second-order valence-electron chi connectivity index (χ2n) is 15.9. The largest absolute Gasteiger partial charge is 0.444 e. The van der Waals surface area contributed by atoms with Crippen molar-refractivity contribution in [1.29, 1.82) is 0 Å². The number of methoxy groups -OCH3 is 1. The Labute approximate surface area is 286 Å². The van der Waals surface area contributed by atoms with Crippen LogP contribution in [0.1, 0.15) is 72.8 Å². The highest BCUT2D eigenvalue weighted by atomic mass is 28.4. The van der Waals surface area contributed by atoms with Crippen LogP contribution in [0, 0.1) is 17.6 Å². The van der Waals surface area contributed by atoms with E-state index in [1.807, 2.05) is 69.5 Å². The summed E-state index contributed by atoms with van der Waals surface area (Å²) in [5, 5.41) is 3.71. The van der Waals surface area contributed by atoms with Gasteiger partial charge in [0.2, 0.25) is 0 Å². The van der Waals surface area contributed by atoms with Gasteiger partial charge in [-0.1, -0.05) is 51.1 Å².